The minimum absolute atomic E-state index is 0.190. The van der Waals surface area contributed by atoms with Crippen LogP contribution in [0.25, 0.3) is 0 Å². The molecule has 0 unspecified atom stereocenters. The molecule has 0 N–H and O–H groups in total. The Kier molecular flexibility index (Phi) is 3.65. The Morgan fingerprint density at radius 3 is 2.90 bits per heavy atom. The molecule has 1 aromatic rings. The van der Waals surface area contributed by atoms with Gasteiger partial charge in [0.05, 0.1) is 6.04 Å². The molecule has 0 bridgehead atoms. The Balaban J connectivity index is 1.85. The van der Waals surface area contributed by atoms with Crippen molar-refractivity contribution in [3.8, 4) is 0 Å². The first-order chi connectivity index (χ1) is 9.61. The molecule has 0 radical (unpaired) electrons. The van der Waals surface area contributed by atoms with Gasteiger partial charge in [-0.25, -0.2) is 4.99 Å². The van der Waals surface area contributed by atoms with Crippen LogP contribution in [-0.2, 0) is 4.74 Å². The van der Waals surface area contributed by atoms with Gasteiger partial charge in [-0.1, -0.05) is 36.0 Å². The van der Waals surface area contributed by atoms with E-state index in [0.717, 1.165) is 22.8 Å². The van der Waals surface area contributed by atoms with Crippen molar-refractivity contribution in [3.63, 3.8) is 0 Å². The zero-order valence-corrected chi connectivity index (χ0v) is 12.9. The quantitative estimate of drug-likeness (QED) is 0.796. The van der Waals surface area contributed by atoms with Crippen molar-refractivity contribution in [2.24, 2.45) is 4.99 Å². The summed E-state index contributed by atoms with van der Waals surface area (Å²) in [7, 11) is 0. The average Bonchev–Trinajstić information content (AvgIpc) is 2.79. The first kappa shape index (κ1) is 13.8. The topological polar surface area (TPSA) is 21.6 Å². The van der Waals surface area contributed by atoms with E-state index in [1.165, 1.54) is 4.91 Å². The zero-order valence-electron chi connectivity index (χ0n) is 11.3. The molecule has 2 atom stereocenters. The molecule has 0 saturated heterocycles. The molecule has 1 aromatic carbocycles. The molecular weight excluding hydrogens is 290 g/mol. The van der Waals surface area contributed by atoms with Gasteiger partial charge in [0.25, 0.3) is 0 Å². The van der Waals surface area contributed by atoms with E-state index in [1.807, 2.05) is 24.3 Å². The van der Waals surface area contributed by atoms with Gasteiger partial charge in [0, 0.05) is 14.8 Å². The summed E-state index contributed by atoms with van der Waals surface area (Å²) in [5.41, 5.74) is -0.355. The Morgan fingerprint density at radius 2 is 2.20 bits per heavy atom. The molecule has 2 nitrogen and oxygen atoms in total. The first-order valence-electron chi connectivity index (χ1n) is 6.65. The summed E-state index contributed by atoms with van der Waals surface area (Å²) >= 11 is 7.66. The fourth-order valence-corrected chi connectivity index (χ4v) is 3.82. The lowest BCUT2D eigenvalue weighted by Gasteiger charge is -2.34. The lowest BCUT2D eigenvalue weighted by molar-refractivity contribution is 0.117. The van der Waals surface area contributed by atoms with Crippen LogP contribution in [0.5, 0.6) is 0 Å². The second-order valence-corrected chi connectivity index (χ2v) is 6.65. The third-order valence-corrected chi connectivity index (χ3v) is 5.26. The third kappa shape index (κ3) is 2.40. The highest BCUT2D eigenvalue weighted by molar-refractivity contribution is 8.03. The molecule has 4 heteroatoms. The number of hydrogen-bond donors (Lipinski definition) is 0. The van der Waals surface area contributed by atoms with E-state index in [4.69, 9.17) is 16.3 Å². The number of hydrogen-bond acceptors (Lipinski definition) is 3. The van der Waals surface area contributed by atoms with Crippen molar-refractivity contribution in [3.05, 3.63) is 52.9 Å². The summed E-state index contributed by atoms with van der Waals surface area (Å²) in [6, 6.07) is 8.08. The van der Waals surface area contributed by atoms with Crippen LogP contribution in [0.4, 0.5) is 0 Å². The molecule has 0 spiro atoms. The van der Waals surface area contributed by atoms with Crippen molar-refractivity contribution in [1.82, 2.24) is 0 Å². The first-order valence-corrected chi connectivity index (χ1v) is 7.84. The molecule has 0 amide bonds. The van der Waals surface area contributed by atoms with Gasteiger partial charge in [0.1, 0.15) is 0 Å². The SMILES string of the molecule is C=CC1=N[C@H]2CCC=C(Sc3ccc(Cl)cc3)[C@@]2(C)O1. The number of ether oxygens (including phenoxy) is 1. The molecule has 0 fully saturated rings. The van der Waals surface area contributed by atoms with E-state index in [1.54, 1.807) is 17.8 Å². The summed E-state index contributed by atoms with van der Waals surface area (Å²) in [6.45, 7) is 5.87. The molecule has 3 rings (SSSR count). The van der Waals surface area contributed by atoms with Crippen molar-refractivity contribution < 1.29 is 4.74 Å². The van der Waals surface area contributed by atoms with Crippen LogP contribution < -0.4 is 0 Å². The largest absolute Gasteiger partial charge is 0.464 e. The highest BCUT2D eigenvalue weighted by atomic mass is 35.5. The van der Waals surface area contributed by atoms with Crippen LogP contribution in [0, 0.1) is 0 Å². The van der Waals surface area contributed by atoms with Gasteiger partial charge in [0.15, 0.2) is 5.60 Å². The molecule has 1 heterocycles. The predicted octanol–water partition coefficient (Wildman–Crippen LogP) is 4.85. The van der Waals surface area contributed by atoms with Crippen molar-refractivity contribution >= 4 is 29.3 Å². The number of allylic oxidation sites excluding steroid dienone is 1. The highest BCUT2D eigenvalue weighted by Gasteiger charge is 2.46. The maximum atomic E-state index is 6.03. The number of thioether (sulfide) groups is 1. The third-order valence-electron chi connectivity index (χ3n) is 3.71. The smallest absolute Gasteiger partial charge is 0.209 e. The predicted molar refractivity (Wildman–Crippen MR) is 85.5 cm³/mol. The molecule has 1 aliphatic carbocycles. The molecule has 0 aromatic heterocycles. The van der Waals surface area contributed by atoms with E-state index in [9.17, 15) is 0 Å². The summed E-state index contributed by atoms with van der Waals surface area (Å²) in [6.07, 6.45) is 6.01. The van der Waals surface area contributed by atoms with E-state index in [0.29, 0.717) is 5.90 Å². The van der Waals surface area contributed by atoms with Gasteiger partial charge in [0.2, 0.25) is 5.90 Å². The Morgan fingerprint density at radius 1 is 1.45 bits per heavy atom. The number of halogens is 1. The fourth-order valence-electron chi connectivity index (χ4n) is 2.58. The van der Waals surface area contributed by atoms with Crippen LogP contribution in [-0.4, -0.2) is 17.5 Å². The summed E-state index contributed by atoms with van der Waals surface area (Å²) in [5.74, 6) is 0.655. The molecule has 2 aliphatic rings. The molecule has 20 heavy (non-hydrogen) atoms. The average molecular weight is 306 g/mol. The standard InChI is InChI=1S/C16H16ClNOS/c1-3-15-18-13-5-4-6-14(16(13,2)19-15)20-12-9-7-11(17)8-10-12/h3,6-10,13H,1,4-5H2,2H3/t13-,16-/m0/s1. The van der Waals surface area contributed by atoms with Gasteiger partial charge >= 0.3 is 0 Å². The minimum atomic E-state index is -0.355. The number of rotatable bonds is 3. The zero-order chi connectivity index (χ0) is 14.2. The second-order valence-electron chi connectivity index (χ2n) is 5.10. The number of fused-ring (bicyclic) bond motifs is 1. The maximum absolute atomic E-state index is 6.03. The van der Waals surface area contributed by atoms with Gasteiger partial charge in [-0.3, -0.25) is 0 Å². The monoisotopic (exact) mass is 305 g/mol. The summed E-state index contributed by atoms with van der Waals surface area (Å²) in [4.78, 5) is 6.99. The van der Waals surface area contributed by atoms with Gasteiger partial charge in [-0.15, -0.1) is 0 Å². The van der Waals surface area contributed by atoms with Crippen LogP contribution in [0.3, 0.4) is 0 Å². The van der Waals surface area contributed by atoms with Crippen LogP contribution in [0.15, 0.2) is 57.8 Å². The van der Waals surface area contributed by atoms with Crippen LogP contribution in [0.1, 0.15) is 19.8 Å². The fraction of sp³-hybridized carbons (Fsp3) is 0.312. The Labute approximate surface area is 128 Å². The lowest BCUT2D eigenvalue weighted by atomic mass is 9.88. The number of nitrogens with zero attached hydrogens (tertiary/aromatic N) is 1. The van der Waals surface area contributed by atoms with E-state index < -0.39 is 0 Å². The summed E-state index contributed by atoms with van der Waals surface area (Å²) < 4.78 is 6.03. The van der Waals surface area contributed by atoms with Crippen LogP contribution >= 0.6 is 23.4 Å². The molecule has 0 saturated carbocycles. The van der Waals surface area contributed by atoms with Crippen molar-refractivity contribution in [1.29, 1.82) is 0 Å². The van der Waals surface area contributed by atoms with E-state index >= 15 is 0 Å². The molecule has 1 aliphatic heterocycles. The molecular formula is C16H16ClNOS. The second kappa shape index (κ2) is 5.30. The number of benzene rings is 1. The Bertz CT molecular complexity index is 593. The summed E-state index contributed by atoms with van der Waals surface area (Å²) in [5, 5.41) is 0.755. The van der Waals surface area contributed by atoms with Gasteiger partial charge < -0.3 is 4.74 Å². The minimum Gasteiger partial charge on any atom is -0.464 e. The molecule has 104 valence electrons. The highest BCUT2D eigenvalue weighted by Crippen LogP contribution is 2.46. The van der Waals surface area contributed by atoms with Crippen molar-refractivity contribution in [2.75, 3.05) is 0 Å². The van der Waals surface area contributed by atoms with E-state index in [2.05, 4.69) is 24.6 Å². The lowest BCUT2D eigenvalue weighted by Crippen LogP contribution is -2.40. The number of aliphatic imine (C=N–C) groups is 1. The normalized spacial score (nSPS) is 28.2. The van der Waals surface area contributed by atoms with Crippen LogP contribution in [0.2, 0.25) is 5.02 Å². The van der Waals surface area contributed by atoms with Crippen molar-refractivity contribution in [2.45, 2.75) is 36.3 Å². The Hall–Kier alpha value is -1.19. The van der Waals surface area contributed by atoms with Gasteiger partial charge in [-0.05, 0) is 50.1 Å². The van der Waals surface area contributed by atoms with Gasteiger partial charge in [-0.2, -0.15) is 0 Å². The maximum Gasteiger partial charge on any atom is 0.209 e. The van der Waals surface area contributed by atoms with E-state index in [-0.39, 0.29) is 11.6 Å².